The maximum Gasteiger partial charge on any atom is 0.277 e. The van der Waals surface area contributed by atoms with Crippen molar-refractivity contribution in [3.05, 3.63) is 54.4 Å². The highest BCUT2D eigenvalue weighted by atomic mass is 32.2. The maximum atomic E-state index is 12.1. The third-order valence-corrected chi connectivity index (χ3v) is 3.93. The average molecular weight is 355 g/mol. The van der Waals surface area contributed by atoms with Gasteiger partial charge in [-0.05, 0) is 24.3 Å². The summed E-state index contributed by atoms with van der Waals surface area (Å²) in [4.78, 5) is 27.4. The first-order valence-corrected chi connectivity index (χ1v) is 8.17. The molecule has 0 fully saturated rings. The van der Waals surface area contributed by atoms with Crippen LogP contribution in [0.25, 0.3) is 11.5 Å². The molecule has 0 saturated heterocycles. The molecule has 0 saturated carbocycles. The molecule has 3 aromatic rings. The van der Waals surface area contributed by atoms with Gasteiger partial charge in [0.15, 0.2) is 0 Å². The van der Waals surface area contributed by atoms with Crippen molar-refractivity contribution in [2.24, 2.45) is 5.73 Å². The van der Waals surface area contributed by atoms with Crippen LogP contribution in [0.4, 0.5) is 5.69 Å². The summed E-state index contributed by atoms with van der Waals surface area (Å²) in [5.41, 5.74) is 6.59. The van der Waals surface area contributed by atoms with E-state index in [2.05, 4.69) is 20.5 Å². The summed E-state index contributed by atoms with van der Waals surface area (Å²) >= 11 is 1.09. The number of hydrogen-bond donors (Lipinski definition) is 2. The summed E-state index contributed by atoms with van der Waals surface area (Å²) in [5.74, 6) is -0.557. The molecule has 0 aliphatic heterocycles. The van der Waals surface area contributed by atoms with Gasteiger partial charge in [0.25, 0.3) is 11.1 Å². The minimum atomic E-state index is -0.610. The Morgan fingerprint density at radius 3 is 2.76 bits per heavy atom. The number of rotatable bonds is 6. The Labute approximate surface area is 146 Å². The summed E-state index contributed by atoms with van der Waals surface area (Å²) in [5, 5.41) is 10.7. The fraction of sp³-hybridized carbons (Fsp3) is 0.0625. The SMILES string of the molecule is NC(=O)c1ccccc1NC(=O)CSc1nnc(-c2cccnc2)o1. The first kappa shape index (κ1) is 16.7. The zero-order valence-electron chi connectivity index (χ0n) is 12.9. The quantitative estimate of drug-likeness (QED) is 0.648. The van der Waals surface area contributed by atoms with Crippen molar-refractivity contribution in [2.45, 2.75) is 5.22 Å². The largest absolute Gasteiger partial charge is 0.411 e. The number of amides is 2. The number of primary amides is 1. The molecule has 8 nitrogen and oxygen atoms in total. The van der Waals surface area contributed by atoms with Gasteiger partial charge in [-0.3, -0.25) is 14.6 Å². The second-order valence-electron chi connectivity index (χ2n) is 4.86. The Hall–Kier alpha value is -3.20. The van der Waals surface area contributed by atoms with E-state index >= 15 is 0 Å². The van der Waals surface area contributed by atoms with Gasteiger partial charge in [-0.15, -0.1) is 10.2 Å². The zero-order valence-corrected chi connectivity index (χ0v) is 13.7. The van der Waals surface area contributed by atoms with Crippen LogP contribution in [0, 0.1) is 0 Å². The maximum absolute atomic E-state index is 12.1. The molecular weight excluding hydrogens is 342 g/mol. The Morgan fingerprint density at radius 2 is 2.00 bits per heavy atom. The van der Waals surface area contributed by atoms with Gasteiger partial charge in [-0.2, -0.15) is 0 Å². The zero-order chi connectivity index (χ0) is 17.6. The highest BCUT2D eigenvalue weighted by Crippen LogP contribution is 2.23. The second kappa shape index (κ2) is 7.58. The van der Waals surface area contributed by atoms with Crippen molar-refractivity contribution in [1.29, 1.82) is 0 Å². The molecule has 25 heavy (non-hydrogen) atoms. The smallest absolute Gasteiger partial charge is 0.277 e. The predicted molar refractivity (Wildman–Crippen MR) is 91.8 cm³/mol. The number of anilines is 1. The number of thioether (sulfide) groups is 1. The molecule has 9 heteroatoms. The molecule has 0 atom stereocenters. The summed E-state index contributed by atoms with van der Waals surface area (Å²) in [7, 11) is 0. The molecule has 126 valence electrons. The van der Waals surface area contributed by atoms with E-state index in [1.54, 1.807) is 48.8 Å². The molecule has 0 unspecified atom stereocenters. The molecule has 3 N–H and O–H groups in total. The summed E-state index contributed by atoms with van der Waals surface area (Å²) in [6.07, 6.45) is 3.25. The second-order valence-corrected chi connectivity index (χ2v) is 5.79. The van der Waals surface area contributed by atoms with Crippen molar-refractivity contribution in [3.8, 4) is 11.5 Å². The molecule has 2 heterocycles. The fourth-order valence-electron chi connectivity index (χ4n) is 1.99. The van der Waals surface area contributed by atoms with Crippen LogP contribution in [0.1, 0.15) is 10.4 Å². The number of carbonyl (C=O) groups excluding carboxylic acids is 2. The van der Waals surface area contributed by atoms with E-state index < -0.39 is 5.91 Å². The van der Waals surface area contributed by atoms with Crippen molar-refractivity contribution >= 4 is 29.3 Å². The lowest BCUT2D eigenvalue weighted by molar-refractivity contribution is -0.113. The predicted octanol–water partition coefficient (Wildman–Crippen LogP) is 1.96. The lowest BCUT2D eigenvalue weighted by Gasteiger charge is -2.07. The van der Waals surface area contributed by atoms with Gasteiger partial charge in [0, 0.05) is 12.4 Å². The lowest BCUT2D eigenvalue weighted by Crippen LogP contribution is -2.19. The monoisotopic (exact) mass is 355 g/mol. The summed E-state index contributed by atoms with van der Waals surface area (Å²) in [6.45, 7) is 0. The number of nitrogens with two attached hydrogens (primary N) is 1. The van der Waals surface area contributed by atoms with Crippen LogP contribution in [-0.2, 0) is 4.79 Å². The van der Waals surface area contributed by atoms with E-state index in [0.717, 1.165) is 11.8 Å². The van der Waals surface area contributed by atoms with E-state index in [9.17, 15) is 9.59 Å². The highest BCUT2D eigenvalue weighted by molar-refractivity contribution is 7.99. The Bertz CT molecular complexity index is 898. The van der Waals surface area contributed by atoms with E-state index in [0.29, 0.717) is 17.1 Å². The number of carbonyl (C=O) groups is 2. The Balaban J connectivity index is 1.60. The summed E-state index contributed by atoms with van der Waals surface area (Å²) < 4.78 is 5.48. The molecule has 0 bridgehead atoms. The molecule has 2 amide bonds. The molecule has 1 aromatic carbocycles. The van der Waals surface area contributed by atoms with E-state index in [1.807, 2.05) is 0 Å². The highest BCUT2D eigenvalue weighted by Gasteiger charge is 2.13. The first-order valence-electron chi connectivity index (χ1n) is 7.19. The number of aromatic nitrogens is 3. The van der Waals surface area contributed by atoms with Gasteiger partial charge in [0.2, 0.25) is 11.8 Å². The van der Waals surface area contributed by atoms with Crippen molar-refractivity contribution in [3.63, 3.8) is 0 Å². The average Bonchev–Trinajstić information content (AvgIpc) is 3.10. The molecular formula is C16H13N5O3S. The third kappa shape index (κ3) is 4.21. The minimum absolute atomic E-state index is 0.0434. The molecule has 0 aliphatic rings. The van der Waals surface area contributed by atoms with Crippen LogP contribution < -0.4 is 11.1 Å². The molecule has 3 rings (SSSR count). The van der Waals surface area contributed by atoms with Crippen LogP contribution in [-0.4, -0.2) is 32.7 Å². The topological polar surface area (TPSA) is 124 Å². The number of nitrogens with zero attached hydrogens (tertiary/aromatic N) is 3. The Kier molecular flexibility index (Phi) is 5.05. The lowest BCUT2D eigenvalue weighted by atomic mass is 10.1. The van der Waals surface area contributed by atoms with Gasteiger partial charge in [0.1, 0.15) is 0 Å². The van der Waals surface area contributed by atoms with Gasteiger partial charge in [-0.1, -0.05) is 23.9 Å². The van der Waals surface area contributed by atoms with E-state index in [4.69, 9.17) is 10.2 Å². The van der Waals surface area contributed by atoms with Gasteiger partial charge in [0.05, 0.1) is 22.6 Å². The fourth-order valence-corrected chi connectivity index (χ4v) is 2.56. The summed E-state index contributed by atoms with van der Waals surface area (Å²) in [6, 6.07) is 10.1. The normalized spacial score (nSPS) is 10.4. The van der Waals surface area contributed by atoms with Crippen LogP contribution >= 0.6 is 11.8 Å². The van der Waals surface area contributed by atoms with Gasteiger partial charge in [-0.25, -0.2) is 0 Å². The minimum Gasteiger partial charge on any atom is -0.411 e. The van der Waals surface area contributed by atoms with E-state index in [-0.39, 0.29) is 22.4 Å². The van der Waals surface area contributed by atoms with Crippen LogP contribution in [0.15, 0.2) is 58.4 Å². The third-order valence-electron chi connectivity index (χ3n) is 3.11. The van der Waals surface area contributed by atoms with Crippen LogP contribution in [0.5, 0.6) is 0 Å². The van der Waals surface area contributed by atoms with Crippen LogP contribution in [0.3, 0.4) is 0 Å². The van der Waals surface area contributed by atoms with Gasteiger partial charge < -0.3 is 15.5 Å². The molecule has 2 aromatic heterocycles. The standard InChI is InChI=1S/C16H13N5O3S/c17-14(23)11-5-1-2-6-12(11)19-13(22)9-25-16-21-20-15(24-16)10-4-3-7-18-8-10/h1-8H,9H2,(H2,17,23)(H,19,22). The number of hydrogen-bond acceptors (Lipinski definition) is 7. The van der Waals surface area contributed by atoms with Crippen molar-refractivity contribution < 1.29 is 14.0 Å². The van der Waals surface area contributed by atoms with Gasteiger partial charge >= 0.3 is 0 Å². The number of nitrogens with one attached hydrogen (secondary N) is 1. The first-order chi connectivity index (χ1) is 12.1. The van der Waals surface area contributed by atoms with Crippen molar-refractivity contribution in [2.75, 3.05) is 11.1 Å². The number of para-hydroxylation sites is 1. The van der Waals surface area contributed by atoms with Crippen molar-refractivity contribution in [1.82, 2.24) is 15.2 Å². The van der Waals surface area contributed by atoms with Crippen LogP contribution in [0.2, 0.25) is 0 Å². The Morgan fingerprint density at radius 1 is 1.16 bits per heavy atom. The molecule has 0 spiro atoms. The number of pyridine rings is 1. The molecule has 0 aliphatic carbocycles. The number of benzene rings is 1. The molecule has 0 radical (unpaired) electrons. The van der Waals surface area contributed by atoms with E-state index in [1.165, 1.54) is 0 Å².